The van der Waals surface area contributed by atoms with E-state index in [-0.39, 0.29) is 10.7 Å². The quantitative estimate of drug-likeness (QED) is 0.476. The summed E-state index contributed by atoms with van der Waals surface area (Å²) in [6, 6.07) is 17.5. The van der Waals surface area contributed by atoms with Crippen LogP contribution in [-0.2, 0) is 19.6 Å². The molecule has 7 heteroatoms. The number of nitrogens with one attached hydrogen (secondary N) is 1. The Balaban J connectivity index is 1.56. The molecule has 0 amide bonds. The Morgan fingerprint density at radius 3 is 2.34 bits per heavy atom. The second-order valence-electron chi connectivity index (χ2n) is 6.72. The number of fused-ring (bicyclic) bond motifs is 1. The second-order valence-corrected chi connectivity index (χ2v) is 8.48. The molecule has 0 aliphatic heterocycles. The summed E-state index contributed by atoms with van der Waals surface area (Å²) in [5, 5.41) is 1.91. The molecule has 29 heavy (non-hydrogen) atoms. The minimum Gasteiger partial charge on any atom is -0.456 e. The van der Waals surface area contributed by atoms with Gasteiger partial charge >= 0.3 is 5.97 Å². The van der Waals surface area contributed by atoms with E-state index in [2.05, 4.69) is 4.72 Å². The van der Waals surface area contributed by atoms with Crippen LogP contribution in [-0.4, -0.2) is 33.3 Å². The summed E-state index contributed by atoms with van der Waals surface area (Å²) in [7, 11) is -3.85. The van der Waals surface area contributed by atoms with Crippen LogP contribution in [0.4, 0.5) is 0 Å². The van der Waals surface area contributed by atoms with Crippen LogP contribution in [0.25, 0.3) is 10.8 Å². The average Bonchev–Trinajstić information content (AvgIpc) is 2.72. The van der Waals surface area contributed by atoms with E-state index in [4.69, 9.17) is 4.74 Å². The summed E-state index contributed by atoms with van der Waals surface area (Å²) in [4.78, 5) is 24.2. The Morgan fingerprint density at radius 1 is 0.897 bits per heavy atom. The normalized spacial score (nSPS) is 11.4. The van der Waals surface area contributed by atoms with E-state index in [0.29, 0.717) is 5.56 Å². The van der Waals surface area contributed by atoms with E-state index in [0.717, 1.165) is 21.9 Å². The number of sulfonamides is 1. The molecule has 3 rings (SSSR count). The highest BCUT2D eigenvalue weighted by molar-refractivity contribution is 7.89. The molecule has 3 aromatic carbocycles. The lowest BCUT2D eigenvalue weighted by Crippen LogP contribution is -2.31. The van der Waals surface area contributed by atoms with Crippen molar-refractivity contribution in [1.82, 2.24) is 4.72 Å². The van der Waals surface area contributed by atoms with E-state index in [1.807, 2.05) is 37.3 Å². The topological polar surface area (TPSA) is 89.5 Å². The standard InChI is InChI=1S/C22H21NO5S/c1-15-7-10-20(11-16(15)2)29(26,27)23-13-22(25)28-14-21(24)19-9-8-17-5-3-4-6-18(17)12-19/h3-12,23H,13-14H2,1-2H3. The molecule has 0 aliphatic carbocycles. The number of ketones is 1. The van der Waals surface area contributed by atoms with E-state index >= 15 is 0 Å². The molecule has 0 aromatic heterocycles. The van der Waals surface area contributed by atoms with Crippen LogP contribution in [0.1, 0.15) is 21.5 Å². The fraction of sp³-hybridized carbons (Fsp3) is 0.182. The summed E-state index contributed by atoms with van der Waals surface area (Å²) in [6.07, 6.45) is 0. The number of ether oxygens (including phenoxy) is 1. The fourth-order valence-electron chi connectivity index (χ4n) is 2.76. The van der Waals surface area contributed by atoms with Crippen LogP contribution in [0.2, 0.25) is 0 Å². The molecule has 0 radical (unpaired) electrons. The summed E-state index contributed by atoms with van der Waals surface area (Å²) in [5.74, 6) is -1.19. The minimum absolute atomic E-state index is 0.0700. The van der Waals surface area contributed by atoms with Crippen LogP contribution in [0, 0.1) is 13.8 Å². The lowest BCUT2D eigenvalue weighted by Gasteiger charge is -2.09. The maximum absolute atomic E-state index is 12.3. The lowest BCUT2D eigenvalue weighted by atomic mass is 10.0. The van der Waals surface area contributed by atoms with Crippen molar-refractivity contribution in [2.75, 3.05) is 13.2 Å². The minimum atomic E-state index is -3.85. The number of Topliss-reactive ketones (excluding diaryl/α,β-unsaturated/α-hetero) is 1. The molecular formula is C22H21NO5S. The Morgan fingerprint density at radius 2 is 1.62 bits per heavy atom. The van der Waals surface area contributed by atoms with E-state index in [9.17, 15) is 18.0 Å². The van der Waals surface area contributed by atoms with Gasteiger partial charge in [-0.25, -0.2) is 8.42 Å². The van der Waals surface area contributed by atoms with Gasteiger partial charge in [-0.05, 0) is 53.9 Å². The molecule has 6 nitrogen and oxygen atoms in total. The van der Waals surface area contributed by atoms with Gasteiger partial charge in [0.1, 0.15) is 6.54 Å². The molecule has 0 unspecified atom stereocenters. The zero-order valence-electron chi connectivity index (χ0n) is 16.1. The molecule has 1 N–H and O–H groups in total. The first-order chi connectivity index (χ1) is 13.8. The molecule has 3 aromatic rings. The molecule has 0 aliphatic rings. The predicted octanol–water partition coefficient (Wildman–Crippen LogP) is 3.16. The van der Waals surface area contributed by atoms with Crippen LogP contribution in [0.3, 0.4) is 0 Å². The van der Waals surface area contributed by atoms with Crippen LogP contribution in [0.5, 0.6) is 0 Å². The second kappa shape index (κ2) is 8.55. The van der Waals surface area contributed by atoms with E-state index in [1.165, 1.54) is 12.1 Å². The highest BCUT2D eigenvalue weighted by Gasteiger charge is 2.17. The molecule has 0 fully saturated rings. The SMILES string of the molecule is Cc1ccc(S(=O)(=O)NCC(=O)OCC(=O)c2ccc3ccccc3c2)cc1C. The van der Waals surface area contributed by atoms with Gasteiger partial charge in [-0.3, -0.25) is 9.59 Å². The number of benzene rings is 3. The molecule has 0 atom stereocenters. The fourth-order valence-corrected chi connectivity index (χ4v) is 3.82. The van der Waals surface area contributed by atoms with Gasteiger partial charge in [-0.2, -0.15) is 4.72 Å². The van der Waals surface area contributed by atoms with Crippen molar-refractivity contribution >= 4 is 32.5 Å². The Kier molecular flexibility index (Phi) is 6.10. The van der Waals surface area contributed by atoms with Crippen molar-refractivity contribution < 1.29 is 22.7 Å². The maximum Gasteiger partial charge on any atom is 0.321 e. The van der Waals surface area contributed by atoms with Gasteiger partial charge in [0.15, 0.2) is 12.4 Å². The molecule has 150 valence electrons. The summed E-state index contributed by atoms with van der Waals surface area (Å²) < 4.78 is 31.7. The van der Waals surface area contributed by atoms with Gasteiger partial charge in [0.2, 0.25) is 10.0 Å². The third-order valence-corrected chi connectivity index (χ3v) is 6.03. The first-order valence-electron chi connectivity index (χ1n) is 9.01. The predicted molar refractivity (Wildman–Crippen MR) is 110 cm³/mol. The number of rotatable bonds is 7. The highest BCUT2D eigenvalue weighted by atomic mass is 32.2. The van der Waals surface area contributed by atoms with Crippen LogP contribution in [0.15, 0.2) is 65.6 Å². The van der Waals surface area contributed by atoms with Crippen molar-refractivity contribution in [2.24, 2.45) is 0 Å². The van der Waals surface area contributed by atoms with E-state index in [1.54, 1.807) is 25.1 Å². The molecule has 0 spiro atoms. The molecule has 0 saturated carbocycles. The van der Waals surface area contributed by atoms with Crippen LogP contribution < -0.4 is 4.72 Å². The van der Waals surface area contributed by atoms with Gasteiger partial charge in [0, 0.05) is 5.56 Å². The number of hydrogen-bond acceptors (Lipinski definition) is 5. The number of aryl methyl sites for hydroxylation is 2. The average molecular weight is 411 g/mol. The first-order valence-corrected chi connectivity index (χ1v) is 10.5. The Hall–Kier alpha value is -3.03. The summed E-state index contributed by atoms with van der Waals surface area (Å²) in [5.41, 5.74) is 2.22. The smallest absolute Gasteiger partial charge is 0.321 e. The molecular weight excluding hydrogens is 390 g/mol. The van der Waals surface area contributed by atoms with Gasteiger partial charge in [-0.15, -0.1) is 0 Å². The maximum atomic E-state index is 12.3. The van der Waals surface area contributed by atoms with Crippen molar-refractivity contribution in [2.45, 2.75) is 18.7 Å². The largest absolute Gasteiger partial charge is 0.456 e. The third-order valence-electron chi connectivity index (χ3n) is 4.63. The van der Waals surface area contributed by atoms with Gasteiger partial charge in [0.25, 0.3) is 0 Å². The summed E-state index contributed by atoms with van der Waals surface area (Å²) in [6.45, 7) is 2.67. The Bertz CT molecular complexity index is 1180. The van der Waals surface area contributed by atoms with Crippen molar-refractivity contribution in [3.63, 3.8) is 0 Å². The van der Waals surface area contributed by atoms with Crippen molar-refractivity contribution in [3.8, 4) is 0 Å². The van der Waals surface area contributed by atoms with Gasteiger partial charge in [0.05, 0.1) is 4.90 Å². The molecule has 0 bridgehead atoms. The number of carbonyl (C=O) groups excluding carboxylic acids is 2. The Labute approximate surface area is 169 Å². The highest BCUT2D eigenvalue weighted by Crippen LogP contribution is 2.16. The van der Waals surface area contributed by atoms with Crippen LogP contribution >= 0.6 is 0 Å². The third kappa shape index (κ3) is 5.07. The summed E-state index contributed by atoms with van der Waals surface area (Å²) >= 11 is 0. The molecule has 0 saturated heterocycles. The number of esters is 1. The van der Waals surface area contributed by atoms with Gasteiger partial charge in [-0.1, -0.05) is 42.5 Å². The monoisotopic (exact) mass is 411 g/mol. The number of hydrogen-bond donors (Lipinski definition) is 1. The number of carbonyl (C=O) groups is 2. The van der Waals surface area contributed by atoms with E-state index < -0.39 is 29.1 Å². The zero-order chi connectivity index (χ0) is 21.0. The molecule has 0 heterocycles. The van der Waals surface area contributed by atoms with Crippen molar-refractivity contribution in [3.05, 3.63) is 77.4 Å². The zero-order valence-corrected chi connectivity index (χ0v) is 17.0. The van der Waals surface area contributed by atoms with Gasteiger partial charge < -0.3 is 4.74 Å². The van der Waals surface area contributed by atoms with Crippen molar-refractivity contribution in [1.29, 1.82) is 0 Å². The lowest BCUT2D eigenvalue weighted by molar-refractivity contribution is -0.141. The first kappa shape index (κ1) is 20.7.